The van der Waals surface area contributed by atoms with E-state index in [1.807, 2.05) is 19.1 Å². The molecule has 2 amide bonds. The van der Waals surface area contributed by atoms with E-state index in [0.29, 0.717) is 22.9 Å². The number of methoxy groups -OCH3 is 1. The standard InChI is InChI=1S/C32H38ClN3O5S/c1-3-30(32(38)34-26-10-6-4-7-11-26)35(22-24-14-18-28(41-2)19-15-24)31(37)23-36(27-12-8-5-9-13-27)42(39,40)29-20-16-25(33)17-21-29/h5,8-9,12-21,26,30H,3-4,6-7,10-11,22-23H2,1-2H3,(H,34,38). The molecule has 3 aromatic carbocycles. The van der Waals surface area contributed by atoms with Crippen molar-refractivity contribution in [1.29, 1.82) is 0 Å². The van der Waals surface area contributed by atoms with Gasteiger partial charge in [-0.15, -0.1) is 0 Å². The highest BCUT2D eigenvalue weighted by Crippen LogP contribution is 2.26. The molecule has 8 nitrogen and oxygen atoms in total. The first-order valence-corrected chi connectivity index (χ1v) is 16.1. The van der Waals surface area contributed by atoms with Crippen molar-refractivity contribution in [2.45, 2.75) is 69.0 Å². The molecule has 42 heavy (non-hydrogen) atoms. The molecule has 1 aliphatic rings. The molecule has 0 bridgehead atoms. The molecule has 1 saturated carbocycles. The second-order valence-electron chi connectivity index (χ2n) is 10.4. The lowest BCUT2D eigenvalue weighted by Crippen LogP contribution is -2.54. The number of sulfonamides is 1. The molecule has 0 spiro atoms. The highest BCUT2D eigenvalue weighted by Gasteiger charge is 2.34. The van der Waals surface area contributed by atoms with Gasteiger partial charge in [0, 0.05) is 17.6 Å². The van der Waals surface area contributed by atoms with Crippen LogP contribution < -0.4 is 14.4 Å². The van der Waals surface area contributed by atoms with E-state index in [9.17, 15) is 18.0 Å². The predicted octanol–water partition coefficient (Wildman–Crippen LogP) is 5.80. The van der Waals surface area contributed by atoms with Crippen LogP contribution in [0.1, 0.15) is 51.0 Å². The molecular formula is C32H38ClN3O5S. The minimum absolute atomic E-state index is 0.00680. The molecule has 0 radical (unpaired) electrons. The molecule has 0 aliphatic heterocycles. The topological polar surface area (TPSA) is 96.0 Å². The Kier molecular flexibility index (Phi) is 10.9. The zero-order valence-corrected chi connectivity index (χ0v) is 25.6. The summed E-state index contributed by atoms with van der Waals surface area (Å²) in [4.78, 5) is 29.3. The van der Waals surface area contributed by atoms with Crippen LogP contribution in [0.25, 0.3) is 0 Å². The van der Waals surface area contributed by atoms with Gasteiger partial charge in [0.05, 0.1) is 17.7 Å². The summed E-state index contributed by atoms with van der Waals surface area (Å²) in [6.45, 7) is 1.50. The summed E-state index contributed by atoms with van der Waals surface area (Å²) in [5.74, 6) is -0.0426. The van der Waals surface area contributed by atoms with Crippen molar-refractivity contribution in [2.24, 2.45) is 0 Å². The Morgan fingerprint density at radius 1 is 0.952 bits per heavy atom. The van der Waals surface area contributed by atoms with Gasteiger partial charge in [-0.25, -0.2) is 8.42 Å². The van der Waals surface area contributed by atoms with Crippen molar-refractivity contribution in [3.63, 3.8) is 0 Å². The van der Waals surface area contributed by atoms with E-state index in [1.54, 1.807) is 49.6 Å². The van der Waals surface area contributed by atoms with Crippen molar-refractivity contribution in [1.82, 2.24) is 10.2 Å². The fraction of sp³-hybridized carbons (Fsp3) is 0.375. The van der Waals surface area contributed by atoms with Crippen LogP contribution in [0.3, 0.4) is 0 Å². The summed E-state index contributed by atoms with van der Waals surface area (Å²) in [5.41, 5.74) is 1.13. The minimum Gasteiger partial charge on any atom is -0.497 e. The molecule has 0 saturated heterocycles. The van der Waals surface area contributed by atoms with Crippen molar-refractivity contribution in [2.75, 3.05) is 18.0 Å². The summed E-state index contributed by atoms with van der Waals surface area (Å²) in [6.07, 6.45) is 5.47. The predicted molar refractivity (Wildman–Crippen MR) is 165 cm³/mol. The van der Waals surface area contributed by atoms with Crippen molar-refractivity contribution in [3.05, 3.63) is 89.4 Å². The van der Waals surface area contributed by atoms with E-state index in [4.69, 9.17) is 16.3 Å². The minimum atomic E-state index is -4.15. The molecule has 4 rings (SSSR count). The lowest BCUT2D eigenvalue weighted by Gasteiger charge is -2.34. The van der Waals surface area contributed by atoms with Crippen LogP contribution >= 0.6 is 11.6 Å². The lowest BCUT2D eigenvalue weighted by atomic mass is 9.95. The van der Waals surface area contributed by atoms with E-state index in [0.717, 1.165) is 42.0 Å². The number of carbonyl (C=O) groups excluding carboxylic acids is 2. The molecule has 1 aliphatic carbocycles. The molecular weight excluding hydrogens is 574 g/mol. The number of hydrogen-bond acceptors (Lipinski definition) is 5. The number of rotatable bonds is 12. The van der Waals surface area contributed by atoms with Gasteiger partial charge in [0.1, 0.15) is 18.3 Å². The number of ether oxygens (including phenoxy) is 1. The average Bonchev–Trinajstić information content (AvgIpc) is 3.01. The van der Waals surface area contributed by atoms with Gasteiger partial charge in [-0.2, -0.15) is 0 Å². The molecule has 1 atom stereocenters. The van der Waals surface area contributed by atoms with Crippen LogP contribution in [0, 0.1) is 0 Å². The molecule has 1 N–H and O–H groups in total. The molecule has 3 aromatic rings. The third-order valence-corrected chi connectivity index (χ3v) is 9.61. The SMILES string of the molecule is CCC(C(=O)NC1CCCCC1)N(Cc1ccc(OC)cc1)C(=O)CN(c1ccccc1)S(=O)(=O)c1ccc(Cl)cc1. The van der Waals surface area contributed by atoms with Crippen molar-refractivity contribution < 1.29 is 22.7 Å². The third-order valence-electron chi connectivity index (χ3n) is 7.57. The van der Waals surface area contributed by atoms with Crippen molar-refractivity contribution in [3.8, 4) is 5.75 Å². The number of amides is 2. The molecule has 1 fully saturated rings. The van der Waals surface area contributed by atoms with Crippen LogP contribution in [0.15, 0.2) is 83.8 Å². The maximum Gasteiger partial charge on any atom is 0.264 e. The van der Waals surface area contributed by atoms with Gasteiger partial charge in [0.2, 0.25) is 11.8 Å². The monoisotopic (exact) mass is 611 g/mol. The Bertz CT molecular complexity index is 1430. The quantitative estimate of drug-likeness (QED) is 0.279. The number of benzene rings is 3. The van der Waals surface area contributed by atoms with Crippen LogP contribution in [-0.4, -0.2) is 50.9 Å². The number of carbonyl (C=O) groups is 2. The maximum atomic E-state index is 14.2. The first-order chi connectivity index (χ1) is 20.2. The van der Waals surface area contributed by atoms with E-state index in [-0.39, 0.29) is 23.4 Å². The average molecular weight is 612 g/mol. The summed E-state index contributed by atoms with van der Waals surface area (Å²) < 4.78 is 34.1. The molecule has 0 aromatic heterocycles. The van der Waals surface area contributed by atoms with Crippen LogP contribution in [0.5, 0.6) is 5.75 Å². The molecule has 224 valence electrons. The summed E-state index contributed by atoms with van der Waals surface area (Å²) in [7, 11) is -2.57. The lowest BCUT2D eigenvalue weighted by molar-refractivity contribution is -0.140. The Morgan fingerprint density at radius 3 is 2.19 bits per heavy atom. The van der Waals surface area contributed by atoms with Crippen LogP contribution in [0.2, 0.25) is 5.02 Å². The first-order valence-electron chi connectivity index (χ1n) is 14.3. The summed E-state index contributed by atoms with van der Waals surface area (Å²) in [5, 5.41) is 3.56. The Labute approximate surface area is 253 Å². The second kappa shape index (κ2) is 14.6. The normalized spacial score (nSPS) is 14.5. The zero-order chi connectivity index (χ0) is 30.1. The van der Waals surface area contributed by atoms with Gasteiger partial charge >= 0.3 is 0 Å². The number of hydrogen-bond donors (Lipinski definition) is 1. The van der Waals surface area contributed by atoms with E-state index in [1.165, 1.54) is 29.2 Å². The van der Waals surface area contributed by atoms with E-state index >= 15 is 0 Å². The first kappa shape index (κ1) is 31.4. The Hall–Kier alpha value is -3.56. The largest absolute Gasteiger partial charge is 0.497 e. The van der Waals surface area contributed by atoms with Crippen LogP contribution in [-0.2, 0) is 26.2 Å². The molecule has 0 heterocycles. The van der Waals surface area contributed by atoms with E-state index < -0.39 is 28.5 Å². The third kappa shape index (κ3) is 7.83. The van der Waals surface area contributed by atoms with Gasteiger partial charge in [-0.1, -0.05) is 68.1 Å². The van der Waals surface area contributed by atoms with Gasteiger partial charge in [0.25, 0.3) is 10.0 Å². The Balaban J connectivity index is 1.68. The smallest absolute Gasteiger partial charge is 0.264 e. The summed E-state index contributed by atoms with van der Waals surface area (Å²) >= 11 is 6.02. The highest BCUT2D eigenvalue weighted by atomic mass is 35.5. The highest BCUT2D eigenvalue weighted by molar-refractivity contribution is 7.92. The summed E-state index contributed by atoms with van der Waals surface area (Å²) in [6, 6.07) is 20.9. The number of halogens is 1. The fourth-order valence-corrected chi connectivity index (χ4v) is 6.79. The van der Waals surface area contributed by atoms with Gasteiger partial charge in [-0.05, 0) is 73.4 Å². The number of nitrogens with one attached hydrogen (secondary N) is 1. The van der Waals surface area contributed by atoms with Gasteiger partial charge in [0.15, 0.2) is 0 Å². The molecule has 1 unspecified atom stereocenters. The second-order valence-corrected chi connectivity index (χ2v) is 12.7. The number of anilines is 1. The Morgan fingerprint density at radius 2 is 1.60 bits per heavy atom. The van der Waals surface area contributed by atoms with Crippen molar-refractivity contribution >= 4 is 39.1 Å². The maximum absolute atomic E-state index is 14.2. The van der Waals surface area contributed by atoms with Gasteiger partial charge in [-0.3, -0.25) is 13.9 Å². The zero-order valence-electron chi connectivity index (χ0n) is 24.0. The number of nitrogens with zero attached hydrogens (tertiary/aromatic N) is 2. The fourth-order valence-electron chi connectivity index (χ4n) is 5.25. The van der Waals surface area contributed by atoms with Gasteiger partial charge < -0.3 is 15.0 Å². The molecule has 10 heteroatoms. The van der Waals surface area contributed by atoms with Crippen LogP contribution in [0.4, 0.5) is 5.69 Å². The van der Waals surface area contributed by atoms with E-state index in [2.05, 4.69) is 5.32 Å². The number of para-hydroxylation sites is 1.